The normalized spacial score (nSPS) is 14.4. The van der Waals surface area contributed by atoms with E-state index in [0.29, 0.717) is 47.0 Å². The Labute approximate surface area is 432 Å². The average Bonchev–Trinajstić information content (AvgIpc) is 3.40. The minimum atomic E-state index is -0.0332. The summed E-state index contributed by atoms with van der Waals surface area (Å²) in [6, 6.07) is 33.4. The maximum Gasteiger partial charge on any atom is 0.193 e. The Bertz CT molecular complexity index is 2700. The van der Waals surface area contributed by atoms with Gasteiger partial charge in [0.1, 0.15) is 11.5 Å². The molecule has 0 aliphatic heterocycles. The van der Waals surface area contributed by atoms with E-state index in [1.54, 1.807) is 0 Å². The average molecular weight is 965 g/mol. The predicted molar refractivity (Wildman–Crippen MR) is 307 cm³/mol. The molecule has 2 aliphatic carbocycles. The highest BCUT2D eigenvalue weighted by Gasteiger charge is 2.32. The molecule has 2 N–H and O–H groups in total. The van der Waals surface area contributed by atoms with Crippen molar-refractivity contribution in [2.45, 2.75) is 195 Å². The van der Waals surface area contributed by atoms with Crippen molar-refractivity contribution in [1.29, 1.82) is 0 Å². The van der Waals surface area contributed by atoms with Crippen LogP contribution in [0.25, 0.3) is 66.1 Å². The zero-order valence-corrected chi connectivity index (χ0v) is 44.5. The summed E-state index contributed by atoms with van der Waals surface area (Å²) in [4.78, 5) is 29.2. The maximum absolute atomic E-state index is 14.6. The van der Waals surface area contributed by atoms with Crippen LogP contribution in [0.15, 0.2) is 108 Å². The Morgan fingerprint density at radius 1 is 0.319 bits per heavy atom. The molecule has 0 bridgehead atoms. The number of carbonyl (C=O) groups is 2. The van der Waals surface area contributed by atoms with Crippen LogP contribution in [0.4, 0.5) is 0 Å². The van der Waals surface area contributed by atoms with Crippen molar-refractivity contribution in [1.82, 2.24) is 0 Å². The van der Waals surface area contributed by atoms with E-state index in [2.05, 4.69) is 88.4 Å². The topological polar surface area (TPSA) is 74.6 Å². The van der Waals surface area contributed by atoms with Crippen molar-refractivity contribution in [3.05, 3.63) is 130 Å². The highest BCUT2D eigenvalue weighted by atomic mass is 16.3. The van der Waals surface area contributed by atoms with Crippen molar-refractivity contribution in [3.8, 4) is 22.3 Å². The highest BCUT2D eigenvalue weighted by Crippen LogP contribution is 2.47. The van der Waals surface area contributed by atoms with Crippen molar-refractivity contribution in [3.63, 3.8) is 0 Å². The molecule has 6 aromatic rings. The second-order valence-electron chi connectivity index (χ2n) is 21.7. The van der Waals surface area contributed by atoms with Crippen LogP contribution in [-0.4, -0.2) is 21.8 Å². The third-order valence-corrected chi connectivity index (χ3v) is 16.6. The molecule has 4 heteroatoms. The SMILES string of the molecule is CCCCCCCCC(CCCCCC)CC1=C(O)c2ccc(-c3ccc(-c4ccc5c6c(cccc46)C(=O)C(CC(CCCCCC)CCCCCCCC)=C5O)c4ccccc34)c3cccc(c23)C1=O. The van der Waals surface area contributed by atoms with Gasteiger partial charge in [0.05, 0.1) is 0 Å². The van der Waals surface area contributed by atoms with Gasteiger partial charge in [-0.25, -0.2) is 0 Å². The third-order valence-electron chi connectivity index (χ3n) is 16.6. The number of hydrogen-bond donors (Lipinski definition) is 2. The number of carbonyl (C=O) groups excluding carboxylic acids is 2. The summed E-state index contributed by atoms with van der Waals surface area (Å²) in [5.41, 5.74) is 8.18. The van der Waals surface area contributed by atoms with Crippen molar-refractivity contribution in [2.24, 2.45) is 11.8 Å². The first-order valence-corrected chi connectivity index (χ1v) is 28.9. The molecular weight excluding hydrogens is 881 g/mol. The molecule has 0 heterocycles. The number of unbranched alkanes of at least 4 members (excludes halogenated alkanes) is 16. The van der Waals surface area contributed by atoms with Crippen LogP contribution in [0.2, 0.25) is 0 Å². The zero-order chi connectivity index (χ0) is 50.4. The number of fused-ring (bicyclic) bond motifs is 1. The second-order valence-corrected chi connectivity index (χ2v) is 21.7. The number of ketones is 2. The van der Waals surface area contributed by atoms with Crippen LogP contribution in [0.5, 0.6) is 0 Å². The lowest BCUT2D eigenvalue weighted by molar-refractivity contribution is 0.101. The van der Waals surface area contributed by atoms with E-state index >= 15 is 0 Å². The van der Waals surface area contributed by atoms with Crippen LogP contribution in [0.3, 0.4) is 0 Å². The molecule has 8 rings (SSSR count). The summed E-state index contributed by atoms with van der Waals surface area (Å²) in [5.74, 6) is 1.000. The standard InChI is InChI=1S/C68H84O4/c1-5-9-13-17-19-23-31-47(29-21-15-11-7-3)45-61-65(69)57-37-27-35-55-53(41-43-59(63(55)57)67(61)71)51-39-40-52(50-34-26-25-33-49(50)51)54-42-44-60-64-56(54)36-28-38-58(64)66(70)62(68(60)72)46-48(30-22-16-12-8-4)32-24-20-18-14-10-6-2/h25-28,33-44,47-48,71-72H,5-24,29-32,45-46H2,1-4H3. The quantitative estimate of drug-likeness (QED) is 0.0441. The molecule has 72 heavy (non-hydrogen) atoms. The van der Waals surface area contributed by atoms with E-state index < -0.39 is 0 Å². The highest BCUT2D eigenvalue weighted by molar-refractivity contribution is 6.27. The first-order chi connectivity index (χ1) is 35.3. The Morgan fingerprint density at radius 2 is 0.611 bits per heavy atom. The second kappa shape index (κ2) is 26.0. The number of rotatable bonds is 30. The maximum atomic E-state index is 14.6. The van der Waals surface area contributed by atoms with E-state index in [9.17, 15) is 19.8 Å². The number of aliphatic hydroxyl groups is 2. The summed E-state index contributed by atoms with van der Waals surface area (Å²) in [5, 5.41) is 29.9. The number of benzene rings is 6. The summed E-state index contributed by atoms with van der Waals surface area (Å²) in [7, 11) is 0. The van der Waals surface area contributed by atoms with Crippen LogP contribution in [-0.2, 0) is 0 Å². The molecule has 0 aromatic heterocycles. The molecule has 0 radical (unpaired) electrons. The molecule has 4 nitrogen and oxygen atoms in total. The fourth-order valence-corrected chi connectivity index (χ4v) is 12.5. The van der Waals surface area contributed by atoms with Gasteiger partial charge in [0.25, 0.3) is 0 Å². The minimum absolute atomic E-state index is 0.0332. The Kier molecular flexibility index (Phi) is 19.0. The predicted octanol–water partition coefficient (Wildman–Crippen LogP) is 20.9. The smallest absolute Gasteiger partial charge is 0.193 e. The number of hydrogen-bond acceptors (Lipinski definition) is 4. The van der Waals surface area contributed by atoms with Crippen molar-refractivity contribution in [2.75, 3.05) is 0 Å². The van der Waals surface area contributed by atoms with Gasteiger partial charge >= 0.3 is 0 Å². The van der Waals surface area contributed by atoms with Gasteiger partial charge in [0.15, 0.2) is 11.6 Å². The first-order valence-electron chi connectivity index (χ1n) is 28.9. The van der Waals surface area contributed by atoms with E-state index in [-0.39, 0.29) is 23.1 Å². The molecule has 0 saturated heterocycles. The van der Waals surface area contributed by atoms with Gasteiger partial charge in [0, 0.05) is 44.2 Å². The lowest BCUT2D eigenvalue weighted by atomic mass is 9.79. The van der Waals surface area contributed by atoms with E-state index in [4.69, 9.17) is 0 Å². The van der Waals surface area contributed by atoms with Gasteiger partial charge < -0.3 is 10.2 Å². The van der Waals surface area contributed by atoms with Crippen LogP contribution in [0, 0.1) is 11.8 Å². The van der Waals surface area contributed by atoms with Gasteiger partial charge in [-0.15, -0.1) is 0 Å². The van der Waals surface area contributed by atoms with Gasteiger partial charge in [-0.2, -0.15) is 0 Å². The van der Waals surface area contributed by atoms with E-state index in [1.165, 1.54) is 128 Å². The monoisotopic (exact) mass is 965 g/mol. The minimum Gasteiger partial charge on any atom is -0.507 e. The summed E-state index contributed by atoms with van der Waals surface area (Å²) in [6.07, 6.45) is 30.3. The van der Waals surface area contributed by atoms with Crippen molar-refractivity contribution >= 4 is 55.4 Å². The fraction of sp³-hybridized carbons (Fsp3) is 0.471. The van der Waals surface area contributed by atoms with Gasteiger partial charge in [-0.1, -0.05) is 267 Å². The number of aliphatic hydroxyl groups excluding tert-OH is 2. The van der Waals surface area contributed by atoms with Gasteiger partial charge in [-0.05, 0) is 80.6 Å². The lowest BCUT2D eigenvalue weighted by Gasteiger charge is -2.25. The van der Waals surface area contributed by atoms with Crippen LogP contribution < -0.4 is 0 Å². The Morgan fingerprint density at radius 3 is 0.972 bits per heavy atom. The third kappa shape index (κ3) is 11.8. The van der Waals surface area contributed by atoms with E-state index in [1.807, 2.05) is 36.4 Å². The summed E-state index contributed by atoms with van der Waals surface area (Å²) >= 11 is 0. The summed E-state index contributed by atoms with van der Waals surface area (Å²) in [6.45, 7) is 9.02. The molecule has 2 unspecified atom stereocenters. The molecule has 0 amide bonds. The Balaban J connectivity index is 1.11. The van der Waals surface area contributed by atoms with Crippen molar-refractivity contribution < 1.29 is 19.8 Å². The molecule has 0 saturated carbocycles. The number of Topliss-reactive ketones (excluding diaryl/α,β-unsaturated/α-hetero) is 2. The Hall–Kier alpha value is -5.48. The molecule has 6 aromatic carbocycles. The molecule has 380 valence electrons. The van der Waals surface area contributed by atoms with E-state index in [0.717, 1.165) is 91.4 Å². The van der Waals surface area contributed by atoms with Gasteiger partial charge in [-0.3, -0.25) is 9.59 Å². The molecule has 0 fully saturated rings. The largest absolute Gasteiger partial charge is 0.507 e. The molecule has 2 atom stereocenters. The van der Waals surface area contributed by atoms with Gasteiger partial charge in [0.2, 0.25) is 0 Å². The molecular formula is C68H84O4. The first kappa shape index (κ1) is 52.8. The lowest BCUT2D eigenvalue weighted by Crippen LogP contribution is -2.16. The molecule has 0 spiro atoms. The number of allylic oxidation sites excluding steroid dienone is 2. The summed E-state index contributed by atoms with van der Waals surface area (Å²) < 4.78 is 0. The van der Waals surface area contributed by atoms with Crippen LogP contribution >= 0.6 is 0 Å². The fourth-order valence-electron chi connectivity index (χ4n) is 12.5. The zero-order valence-electron chi connectivity index (χ0n) is 44.5. The molecule has 2 aliphatic rings. The van der Waals surface area contributed by atoms with Crippen LogP contribution in [0.1, 0.15) is 226 Å².